The first-order chi connectivity index (χ1) is 7.95. The summed E-state index contributed by atoms with van der Waals surface area (Å²) in [5.74, 6) is 0.992. The molecule has 94 valence electrons. The van der Waals surface area contributed by atoms with Crippen molar-refractivity contribution >= 4 is 0 Å². The molecule has 1 atom stereocenters. The summed E-state index contributed by atoms with van der Waals surface area (Å²) >= 11 is 0. The van der Waals surface area contributed by atoms with Crippen molar-refractivity contribution in [1.82, 2.24) is 10.6 Å². The zero-order valence-corrected chi connectivity index (χ0v) is 10.3. The van der Waals surface area contributed by atoms with E-state index in [0.717, 1.165) is 32.2 Å². The SMILES string of the molecule is C1CCC(CCNCC2CNCCO2)CC1. The van der Waals surface area contributed by atoms with Crippen LogP contribution in [-0.4, -0.2) is 38.9 Å². The van der Waals surface area contributed by atoms with Gasteiger partial charge in [-0.2, -0.15) is 0 Å². The van der Waals surface area contributed by atoms with Gasteiger partial charge in [-0.05, 0) is 18.9 Å². The van der Waals surface area contributed by atoms with Gasteiger partial charge in [0.05, 0.1) is 12.7 Å². The largest absolute Gasteiger partial charge is 0.374 e. The quantitative estimate of drug-likeness (QED) is 0.698. The Morgan fingerprint density at radius 3 is 2.81 bits per heavy atom. The van der Waals surface area contributed by atoms with Crippen molar-refractivity contribution in [2.24, 2.45) is 5.92 Å². The van der Waals surface area contributed by atoms with Crippen molar-refractivity contribution in [3.05, 3.63) is 0 Å². The van der Waals surface area contributed by atoms with E-state index in [1.165, 1.54) is 45.1 Å². The molecule has 1 saturated heterocycles. The fourth-order valence-corrected chi connectivity index (χ4v) is 2.80. The minimum Gasteiger partial charge on any atom is -0.374 e. The molecule has 2 rings (SSSR count). The van der Waals surface area contributed by atoms with E-state index in [1.807, 2.05) is 0 Å². The van der Waals surface area contributed by atoms with Crippen LogP contribution in [-0.2, 0) is 4.74 Å². The van der Waals surface area contributed by atoms with Crippen molar-refractivity contribution in [3.8, 4) is 0 Å². The molecule has 0 aromatic heterocycles. The van der Waals surface area contributed by atoms with Crippen LogP contribution in [0.3, 0.4) is 0 Å². The number of rotatable bonds is 5. The van der Waals surface area contributed by atoms with Crippen LogP contribution in [0.1, 0.15) is 38.5 Å². The Bertz CT molecular complexity index is 155. The Labute approximate surface area is 99.3 Å². The van der Waals surface area contributed by atoms with E-state index in [0.29, 0.717) is 6.10 Å². The summed E-state index contributed by atoms with van der Waals surface area (Å²) in [5.41, 5.74) is 0. The van der Waals surface area contributed by atoms with Gasteiger partial charge in [-0.25, -0.2) is 0 Å². The van der Waals surface area contributed by atoms with Gasteiger partial charge in [0, 0.05) is 19.6 Å². The maximum atomic E-state index is 5.64. The summed E-state index contributed by atoms with van der Waals surface area (Å²) < 4.78 is 5.64. The van der Waals surface area contributed by atoms with Crippen molar-refractivity contribution in [2.45, 2.75) is 44.6 Å². The minimum atomic E-state index is 0.389. The van der Waals surface area contributed by atoms with Crippen LogP contribution in [0.4, 0.5) is 0 Å². The minimum absolute atomic E-state index is 0.389. The van der Waals surface area contributed by atoms with E-state index in [4.69, 9.17) is 4.74 Å². The van der Waals surface area contributed by atoms with E-state index in [-0.39, 0.29) is 0 Å². The van der Waals surface area contributed by atoms with E-state index in [9.17, 15) is 0 Å². The van der Waals surface area contributed by atoms with Gasteiger partial charge in [0.2, 0.25) is 0 Å². The molecular weight excluding hydrogens is 200 g/mol. The lowest BCUT2D eigenvalue weighted by Gasteiger charge is -2.25. The Morgan fingerprint density at radius 1 is 1.19 bits per heavy atom. The smallest absolute Gasteiger partial charge is 0.0824 e. The molecule has 2 fully saturated rings. The normalized spacial score (nSPS) is 28.1. The van der Waals surface area contributed by atoms with Crippen LogP contribution >= 0.6 is 0 Å². The number of nitrogens with one attached hydrogen (secondary N) is 2. The number of morpholine rings is 1. The van der Waals surface area contributed by atoms with Gasteiger partial charge in [-0.3, -0.25) is 0 Å². The summed E-state index contributed by atoms with van der Waals surface area (Å²) in [7, 11) is 0. The second-order valence-corrected chi connectivity index (χ2v) is 5.19. The predicted octanol–water partition coefficient (Wildman–Crippen LogP) is 1.53. The first-order valence-electron chi connectivity index (χ1n) is 6.98. The molecule has 0 amide bonds. The molecule has 1 aliphatic carbocycles. The summed E-state index contributed by atoms with van der Waals surface area (Å²) in [6.45, 7) is 5.08. The average Bonchev–Trinajstić information content (AvgIpc) is 2.37. The van der Waals surface area contributed by atoms with Gasteiger partial charge in [0.15, 0.2) is 0 Å². The third kappa shape index (κ3) is 4.40. The molecule has 16 heavy (non-hydrogen) atoms. The van der Waals surface area contributed by atoms with Crippen LogP contribution < -0.4 is 10.6 Å². The molecule has 0 bridgehead atoms. The van der Waals surface area contributed by atoms with E-state index < -0.39 is 0 Å². The van der Waals surface area contributed by atoms with Gasteiger partial charge < -0.3 is 15.4 Å². The molecule has 2 aliphatic rings. The van der Waals surface area contributed by atoms with Gasteiger partial charge in [-0.15, -0.1) is 0 Å². The lowest BCUT2D eigenvalue weighted by Crippen LogP contribution is -2.44. The molecule has 1 heterocycles. The van der Waals surface area contributed by atoms with Crippen LogP contribution in [0.2, 0.25) is 0 Å². The van der Waals surface area contributed by atoms with Crippen LogP contribution in [0.15, 0.2) is 0 Å². The van der Waals surface area contributed by atoms with E-state index in [1.54, 1.807) is 0 Å². The number of hydrogen-bond acceptors (Lipinski definition) is 3. The standard InChI is InChI=1S/C13H26N2O/c1-2-4-12(5-3-1)6-7-14-10-13-11-15-8-9-16-13/h12-15H,1-11H2. The summed E-state index contributed by atoms with van der Waals surface area (Å²) in [5, 5.41) is 6.90. The third-order valence-electron chi connectivity index (χ3n) is 3.83. The number of hydrogen-bond donors (Lipinski definition) is 2. The van der Waals surface area contributed by atoms with Crippen LogP contribution in [0, 0.1) is 5.92 Å². The molecule has 3 nitrogen and oxygen atoms in total. The first-order valence-corrected chi connectivity index (χ1v) is 6.98. The molecule has 0 spiro atoms. The Morgan fingerprint density at radius 2 is 2.06 bits per heavy atom. The molecule has 1 saturated carbocycles. The molecule has 1 aliphatic heterocycles. The highest BCUT2D eigenvalue weighted by Crippen LogP contribution is 2.25. The topological polar surface area (TPSA) is 33.3 Å². The van der Waals surface area contributed by atoms with Crippen LogP contribution in [0.25, 0.3) is 0 Å². The highest BCUT2D eigenvalue weighted by atomic mass is 16.5. The fraction of sp³-hybridized carbons (Fsp3) is 1.00. The van der Waals surface area contributed by atoms with Crippen molar-refractivity contribution in [2.75, 3.05) is 32.8 Å². The number of ether oxygens (including phenoxy) is 1. The lowest BCUT2D eigenvalue weighted by atomic mass is 9.87. The van der Waals surface area contributed by atoms with Crippen molar-refractivity contribution in [3.63, 3.8) is 0 Å². The molecule has 0 aromatic rings. The monoisotopic (exact) mass is 226 g/mol. The van der Waals surface area contributed by atoms with Gasteiger partial charge in [0.1, 0.15) is 0 Å². The Hall–Kier alpha value is -0.120. The zero-order chi connectivity index (χ0) is 11.1. The maximum Gasteiger partial charge on any atom is 0.0824 e. The summed E-state index contributed by atoms with van der Waals surface area (Å²) in [6.07, 6.45) is 9.05. The van der Waals surface area contributed by atoms with Gasteiger partial charge >= 0.3 is 0 Å². The molecule has 3 heteroatoms. The molecule has 0 radical (unpaired) electrons. The highest BCUT2D eigenvalue weighted by Gasteiger charge is 2.14. The zero-order valence-electron chi connectivity index (χ0n) is 10.3. The van der Waals surface area contributed by atoms with Crippen molar-refractivity contribution in [1.29, 1.82) is 0 Å². The first kappa shape index (κ1) is 12.3. The molecule has 0 aromatic carbocycles. The molecule has 1 unspecified atom stereocenters. The highest BCUT2D eigenvalue weighted by molar-refractivity contribution is 4.71. The van der Waals surface area contributed by atoms with Gasteiger partial charge in [0.25, 0.3) is 0 Å². The lowest BCUT2D eigenvalue weighted by molar-refractivity contribution is 0.0291. The average molecular weight is 226 g/mol. The van der Waals surface area contributed by atoms with Crippen molar-refractivity contribution < 1.29 is 4.74 Å². The molecule has 2 N–H and O–H groups in total. The fourth-order valence-electron chi connectivity index (χ4n) is 2.80. The predicted molar refractivity (Wildman–Crippen MR) is 66.7 cm³/mol. The molecular formula is C13H26N2O. The second-order valence-electron chi connectivity index (χ2n) is 5.19. The van der Waals surface area contributed by atoms with Gasteiger partial charge in [-0.1, -0.05) is 32.1 Å². The third-order valence-corrected chi connectivity index (χ3v) is 3.83. The van der Waals surface area contributed by atoms with Crippen LogP contribution in [0.5, 0.6) is 0 Å². The maximum absolute atomic E-state index is 5.64. The Balaban J connectivity index is 1.47. The summed E-state index contributed by atoms with van der Waals surface area (Å²) in [6, 6.07) is 0. The summed E-state index contributed by atoms with van der Waals surface area (Å²) in [4.78, 5) is 0. The Kier molecular flexibility index (Phi) is 5.59. The second kappa shape index (κ2) is 7.25. The van der Waals surface area contributed by atoms with E-state index in [2.05, 4.69) is 10.6 Å². The van der Waals surface area contributed by atoms with E-state index >= 15 is 0 Å².